The normalized spacial score (nSPS) is 15.7. The van der Waals surface area contributed by atoms with Gasteiger partial charge in [0.15, 0.2) is 0 Å². The van der Waals surface area contributed by atoms with Crippen LogP contribution in [0, 0.1) is 0 Å². The monoisotopic (exact) mass is 461 g/mol. The summed E-state index contributed by atoms with van der Waals surface area (Å²) >= 11 is 0. The molecule has 8 heteroatoms. The van der Waals surface area contributed by atoms with Crippen LogP contribution in [0.2, 0.25) is 0 Å². The Morgan fingerprint density at radius 2 is 1.82 bits per heavy atom. The number of nitrogens with one attached hydrogen (secondary N) is 2. The van der Waals surface area contributed by atoms with Gasteiger partial charge in [-0.25, -0.2) is 4.79 Å². The molecule has 0 saturated heterocycles. The number of aliphatic hydroxyl groups is 1. The summed E-state index contributed by atoms with van der Waals surface area (Å²) in [4.78, 5) is 40.8. The first-order chi connectivity index (χ1) is 15.7. The van der Waals surface area contributed by atoms with E-state index in [0.717, 1.165) is 38.5 Å². The van der Waals surface area contributed by atoms with Crippen LogP contribution in [0.15, 0.2) is 30.3 Å². The number of hydrogen-bond donors (Lipinski definition) is 3. The highest BCUT2D eigenvalue weighted by atomic mass is 16.6. The molecule has 3 N–H and O–H groups in total. The molecule has 33 heavy (non-hydrogen) atoms. The first-order valence-electron chi connectivity index (χ1n) is 11.9. The topological polar surface area (TPSA) is 108 Å². The lowest BCUT2D eigenvalue weighted by molar-refractivity contribution is -0.148. The highest BCUT2D eigenvalue weighted by molar-refractivity contribution is 5.92. The predicted octanol–water partition coefficient (Wildman–Crippen LogP) is 3.30. The Bertz CT molecular complexity index is 774. The average molecular weight is 462 g/mol. The van der Waals surface area contributed by atoms with E-state index in [2.05, 4.69) is 17.6 Å². The molecule has 1 aromatic rings. The molecule has 184 valence electrons. The Kier molecular flexibility index (Phi) is 10.2. The molecule has 0 aromatic heterocycles. The molecule has 1 saturated carbocycles. The highest BCUT2D eigenvalue weighted by Crippen LogP contribution is 2.33. The van der Waals surface area contributed by atoms with E-state index in [0.29, 0.717) is 12.1 Å². The Hall–Kier alpha value is -2.61. The number of amides is 3. The van der Waals surface area contributed by atoms with Crippen molar-refractivity contribution in [3.05, 3.63) is 35.9 Å². The number of aliphatic hydroxyl groups excluding tert-OH is 1. The smallest absolute Gasteiger partial charge is 0.408 e. The fraction of sp³-hybridized carbons (Fsp3) is 0.640. The second-order valence-electron chi connectivity index (χ2n) is 9.52. The van der Waals surface area contributed by atoms with Gasteiger partial charge in [-0.1, -0.05) is 50.1 Å². The van der Waals surface area contributed by atoms with E-state index in [1.807, 2.05) is 30.3 Å². The van der Waals surface area contributed by atoms with Crippen molar-refractivity contribution < 1.29 is 24.2 Å². The van der Waals surface area contributed by atoms with Crippen LogP contribution in [-0.2, 0) is 14.3 Å². The summed E-state index contributed by atoms with van der Waals surface area (Å²) in [7, 11) is 0. The third-order valence-electron chi connectivity index (χ3n) is 5.62. The number of ether oxygens (including phenoxy) is 1. The molecular weight excluding hydrogens is 422 g/mol. The van der Waals surface area contributed by atoms with Crippen molar-refractivity contribution in [3.8, 4) is 0 Å². The minimum atomic E-state index is -1.21. The first-order valence-corrected chi connectivity index (χ1v) is 11.9. The second-order valence-corrected chi connectivity index (χ2v) is 9.52. The van der Waals surface area contributed by atoms with Crippen LogP contribution in [0.5, 0.6) is 0 Å². The number of carbonyl (C=O) groups excluding carboxylic acids is 3. The number of alkyl carbamates (subject to hydrolysis) is 1. The minimum absolute atomic E-state index is 0.140. The maximum Gasteiger partial charge on any atom is 0.408 e. The van der Waals surface area contributed by atoms with Crippen molar-refractivity contribution >= 4 is 17.9 Å². The molecule has 2 atom stereocenters. The van der Waals surface area contributed by atoms with Gasteiger partial charge in [0.1, 0.15) is 17.7 Å². The SMILES string of the molecule is CCCCCNC(=O)C(c1ccccc1)N(C(=O)C(CO)NC(=O)OC(C)(C)C)C1CCC1. The molecule has 0 radical (unpaired) electrons. The summed E-state index contributed by atoms with van der Waals surface area (Å²) in [5.41, 5.74) is -0.0501. The molecule has 2 unspecified atom stereocenters. The predicted molar refractivity (Wildman–Crippen MR) is 126 cm³/mol. The van der Waals surface area contributed by atoms with Crippen LogP contribution >= 0.6 is 0 Å². The Morgan fingerprint density at radius 3 is 2.33 bits per heavy atom. The zero-order valence-corrected chi connectivity index (χ0v) is 20.3. The summed E-state index contributed by atoms with van der Waals surface area (Å²) in [5.74, 6) is -0.753. The van der Waals surface area contributed by atoms with Gasteiger partial charge in [-0.2, -0.15) is 0 Å². The minimum Gasteiger partial charge on any atom is -0.444 e. The summed E-state index contributed by atoms with van der Waals surface area (Å²) in [6.45, 7) is 7.19. The Morgan fingerprint density at radius 1 is 1.15 bits per heavy atom. The van der Waals surface area contributed by atoms with E-state index in [1.54, 1.807) is 25.7 Å². The summed E-state index contributed by atoms with van der Waals surface area (Å²) < 4.78 is 5.26. The molecule has 0 bridgehead atoms. The van der Waals surface area contributed by atoms with Gasteiger partial charge >= 0.3 is 6.09 Å². The molecule has 2 rings (SSSR count). The summed E-state index contributed by atoms with van der Waals surface area (Å²) in [6.07, 6.45) is 4.61. The van der Waals surface area contributed by atoms with Crippen LogP contribution in [0.4, 0.5) is 4.79 Å². The van der Waals surface area contributed by atoms with Gasteiger partial charge in [0.05, 0.1) is 6.61 Å². The van der Waals surface area contributed by atoms with Crippen LogP contribution in [0.25, 0.3) is 0 Å². The van der Waals surface area contributed by atoms with E-state index in [1.165, 1.54) is 0 Å². The summed E-state index contributed by atoms with van der Waals surface area (Å²) in [6, 6.07) is 6.97. The molecule has 1 aromatic carbocycles. The van der Waals surface area contributed by atoms with Crippen LogP contribution in [-0.4, -0.2) is 58.8 Å². The van der Waals surface area contributed by atoms with Gasteiger partial charge < -0.3 is 25.4 Å². The largest absolute Gasteiger partial charge is 0.444 e. The van der Waals surface area contributed by atoms with E-state index < -0.39 is 36.3 Å². The number of unbranched alkanes of at least 4 members (excludes halogenated alkanes) is 2. The lowest BCUT2D eigenvalue weighted by Gasteiger charge is -2.43. The van der Waals surface area contributed by atoms with Crippen molar-refractivity contribution in [2.24, 2.45) is 0 Å². The molecule has 0 spiro atoms. The average Bonchev–Trinajstić information content (AvgIpc) is 2.72. The fourth-order valence-electron chi connectivity index (χ4n) is 3.75. The third-order valence-corrected chi connectivity index (χ3v) is 5.62. The molecule has 3 amide bonds. The Labute approximate surface area is 197 Å². The Balaban J connectivity index is 2.30. The fourth-order valence-corrected chi connectivity index (χ4v) is 3.75. The summed E-state index contributed by atoms with van der Waals surface area (Å²) in [5, 5.41) is 15.4. The van der Waals surface area contributed by atoms with Gasteiger partial charge in [0.2, 0.25) is 11.8 Å². The number of hydrogen-bond acceptors (Lipinski definition) is 5. The van der Waals surface area contributed by atoms with Crippen molar-refractivity contribution in [2.75, 3.05) is 13.2 Å². The number of nitrogens with zero attached hydrogens (tertiary/aromatic N) is 1. The van der Waals surface area contributed by atoms with E-state index in [4.69, 9.17) is 4.74 Å². The van der Waals surface area contributed by atoms with Crippen LogP contribution < -0.4 is 10.6 Å². The van der Waals surface area contributed by atoms with Crippen LogP contribution in [0.3, 0.4) is 0 Å². The van der Waals surface area contributed by atoms with Crippen molar-refractivity contribution in [3.63, 3.8) is 0 Å². The van der Waals surface area contributed by atoms with Gasteiger partial charge in [0, 0.05) is 12.6 Å². The zero-order valence-electron chi connectivity index (χ0n) is 20.3. The molecule has 8 nitrogen and oxygen atoms in total. The lowest BCUT2D eigenvalue weighted by Crippen LogP contribution is -2.58. The van der Waals surface area contributed by atoms with Gasteiger partial charge in [0.25, 0.3) is 0 Å². The molecule has 0 aliphatic heterocycles. The lowest BCUT2D eigenvalue weighted by atomic mass is 9.88. The number of benzene rings is 1. The molecule has 0 heterocycles. The van der Waals surface area contributed by atoms with E-state index in [9.17, 15) is 19.5 Å². The first kappa shape index (κ1) is 26.6. The van der Waals surface area contributed by atoms with Crippen molar-refractivity contribution in [1.29, 1.82) is 0 Å². The van der Waals surface area contributed by atoms with Crippen LogP contribution in [0.1, 0.15) is 77.8 Å². The highest BCUT2D eigenvalue weighted by Gasteiger charge is 2.41. The zero-order chi connectivity index (χ0) is 24.4. The van der Waals surface area contributed by atoms with Crippen molar-refractivity contribution in [1.82, 2.24) is 15.5 Å². The molecule has 1 aliphatic rings. The second kappa shape index (κ2) is 12.6. The molecular formula is C25H39N3O5. The number of rotatable bonds is 11. The van der Waals surface area contributed by atoms with Gasteiger partial charge in [-0.15, -0.1) is 0 Å². The third kappa shape index (κ3) is 8.03. The van der Waals surface area contributed by atoms with Gasteiger partial charge in [-0.3, -0.25) is 9.59 Å². The van der Waals surface area contributed by atoms with Gasteiger partial charge in [-0.05, 0) is 52.0 Å². The quantitative estimate of drug-likeness (QED) is 0.438. The maximum absolute atomic E-state index is 13.6. The van der Waals surface area contributed by atoms with E-state index in [-0.39, 0.29) is 11.9 Å². The van der Waals surface area contributed by atoms with E-state index >= 15 is 0 Å². The molecule has 1 aliphatic carbocycles. The maximum atomic E-state index is 13.6. The number of carbonyl (C=O) groups is 3. The van der Waals surface area contributed by atoms with Crippen molar-refractivity contribution in [2.45, 2.75) is 89.9 Å². The molecule has 1 fully saturated rings. The standard InChI is InChI=1S/C25H39N3O5/c1-5-6-10-16-26-22(30)21(18-12-8-7-9-13-18)28(19-14-11-15-19)23(31)20(17-29)27-24(32)33-25(2,3)4/h7-9,12-13,19-21,29H,5-6,10-11,14-17H2,1-4H3,(H,26,30)(H,27,32).